The first-order valence-electron chi connectivity index (χ1n) is 7.10. The van der Waals surface area contributed by atoms with Crippen molar-refractivity contribution in [1.29, 1.82) is 0 Å². The zero-order valence-corrected chi connectivity index (χ0v) is 13.1. The molecule has 0 saturated carbocycles. The minimum atomic E-state index is 0.148. The van der Waals surface area contributed by atoms with Crippen molar-refractivity contribution >= 4 is 0 Å². The van der Waals surface area contributed by atoms with Crippen molar-refractivity contribution < 1.29 is 4.52 Å². The van der Waals surface area contributed by atoms with E-state index in [1.54, 1.807) is 6.20 Å². The fourth-order valence-corrected chi connectivity index (χ4v) is 2.55. The van der Waals surface area contributed by atoms with Gasteiger partial charge in [-0.1, -0.05) is 38.1 Å². The lowest BCUT2D eigenvalue weighted by Gasteiger charge is -2.22. The first-order chi connectivity index (χ1) is 9.34. The fourth-order valence-electron chi connectivity index (χ4n) is 2.55. The average Bonchev–Trinajstić information content (AvgIpc) is 2.76. The third kappa shape index (κ3) is 2.78. The molecule has 0 aliphatic rings. The predicted octanol–water partition coefficient (Wildman–Crippen LogP) is 3.76. The van der Waals surface area contributed by atoms with Gasteiger partial charge in [-0.2, -0.15) is 0 Å². The maximum Gasteiger partial charge on any atom is 0.170 e. The summed E-state index contributed by atoms with van der Waals surface area (Å²) in [6, 6.07) is 4.49. The zero-order chi connectivity index (χ0) is 14.9. The van der Waals surface area contributed by atoms with Crippen LogP contribution in [0.1, 0.15) is 43.0 Å². The van der Waals surface area contributed by atoms with E-state index < -0.39 is 0 Å². The van der Waals surface area contributed by atoms with E-state index in [9.17, 15) is 0 Å². The van der Waals surface area contributed by atoms with Gasteiger partial charge in [0.1, 0.15) is 0 Å². The lowest BCUT2D eigenvalue weighted by atomic mass is 9.83. The van der Waals surface area contributed by atoms with Gasteiger partial charge in [-0.15, -0.1) is 0 Å². The molecule has 0 aliphatic carbocycles. The highest BCUT2D eigenvalue weighted by Gasteiger charge is 2.20. The van der Waals surface area contributed by atoms with E-state index in [0.29, 0.717) is 6.54 Å². The molecule has 0 unspecified atom stereocenters. The SMILES string of the molecule is Cc1cc(C(C)(C)C)cc(C)c1-c1oncc1CCN. The second kappa shape index (κ2) is 5.41. The Morgan fingerprint density at radius 2 is 1.75 bits per heavy atom. The molecule has 0 amide bonds. The molecular formula is C17H24N2O. The highest BCUT2D eigenvalue weighted by Crippen LogP contribution is 2.34. The van der Waals surface area contributed by atoms with Crippen molar-refractivity contribution in [3.8, 4) is 11.3 Å². The van der Waals surface area contributed by atoms with Crippen LogP contribution in [0, 0.1) is 13.8 Å². The molecule has 3 heteroatoms. The number of hydrogen-bond acceptors (Lipinski definition) is 3. The Labute approximate surface area is 121 Å². The molecule has 1 heterocycles. The zero-order valence-electron chi connectivity index (χ0n) is 13.1. The Bertz CT molecular complexity index is 583. The topological polar surface area (TPSA) is 52.0 Å². The van der Waals surface area contributed by atoms with Gasteiger partial charge in [-0.05, 0) is 48.9 Å². The standard InChI is InChI=1S/C17H24N2O/c1-11-8-14(17(3,4)5)9-12(2)15(11)16-13(6-7-18)10-19-20-16/h8-10H,6-7,18H2,1-5H3. The van der Waals surface area contributed by atoms with Crippen LogP contribution in [-0.2, 0) is 11.8 Å². The summed E-state index contributed by atoms with van der Waals surface area (Å²) in [5.74, 6) is 0.867. The second-order valence-electron chi connectivity index (χ2n) is 6.45. The fraction of sp³-hybridized carbons (Fsp3) is 0.471. The van der Waals surface area contributed by atoms with Gasteiger partial charge in [-0.25, -0.2) is 0 Å². The Hall–Kier alpha value is -1.61. The predicted molar refractivity (Wildman–Crippen MR) is 82.9 cm³/mol. The Morgan fingerprint density at radius 3 is 2.25 bits per heavy atom. The molecular weight excluding hydrogens is 248 g/mol. The Kier molecular flexibility index (Phi) is 4.00. The van der Waals surface area contributed by atoms with E-state index in [4.69, 9.17) is 10.3 Å². The van der Waals surface area contributed by atoms with E-state index in [-0.39, 0.29) is 5.41 Å². The van der Waals surface area contributed by atoms with Crippen LogP contribution in [0.25, 0.3) is 11.3 Å². The van der Waals surface area contributed by atoms with Gasteiger partial charge in [-0.3, -0.25) is 0 Å². The van der Waals surface area contributed by atoms with Gasteiger partial charge in [0.2, 0.25) is 0 Å². The van der Waals surface area contributed by atoms with Gasteiger partial charge in [0, 0.05) is 11.1 Å². The summed E-state index contributed by atoms with van der Waals surface area (Å²) in [7, 11) is 0. The van der Waals surface area contributed by atoms with E-state index in [1.165, 1.54) is 16.7 Å². The molecule has 1 aromatic carbocycles. The second-order valence-corrected chi connectivity index (χ2v) is 6.45. The summed E-state index contributed by atoms with van der Waals surface area (Å²) in [5, 5.41) is 3.94. The summed E-state index contributed by atoms with van der Waals surface area (Å²) < 4.78 is 5.48. The van der Waals surface area contributed by atoms with Crippen molar-refractivity contribution in [2.75, 3.05) is 6.54 Å². The number of hydrogen-bond donors (Lipinski definition) is 1. The van der Waals surface area contributed by atoms with E-state index in [2.05, 4.69) is 51.9 Å². The van der Waals surface area contributed by atoms with Crippen LogP contribution < -0.4 is 5.73 Å². The normalized spacial score (nSPS) is 11.9. The van der Waals surface area contributed by atoms with E-state index >= 15 is 0 Å². The number of nitrogens with two attached hydrogens (primary N) is 1. The summed E-state index contributed by atoms with van der Waals surface area (Å²) in [4.78, 5) is 0. The number of rotatable bonds is 3. The molecule has 1 aromatic heterocycles. The number of nitrogens with zero attached hydrogens (tertiary/aromatic N) is 1. The van der Waals surface area contributed by atoms with E-state index in [1.807, 2.05) is 0 Å². The quantitative estimate of drug-likeness (QED) is 0.925. The van der Waals surface area contributed by atoms with Crippen molar-refractivity contribution in [2.45, 2.75) is 46.5 Å². The van der Waals surface area contributed by atoms with Crippen LogP contribution >= 0.6 is 0 Å². The number of aryl methyl sites for hydroxylation is 2. The molecule has 3 nitrogen and oxygen atoms in total. The smallest absolute Gasteiger partial charge is 0.170 e. The molecule has 0 aliphatic heterocycles. The summed E-state index contributed by atoms with van der Waals surface area (Å²) in [6.07, 6.45) is 2.57. The number of benzene rings is 1. The average molecular weight is 272 g/mol. The first-order valence-corrected chi connectivity index (χ1v) is 7.10. The molecule has 0 saturated heterocycles. The Morgan fingerprint density at radius 1 is 1.15 bits per heavy atom. The van der Waals surface area contributed by atoms with Gasteiger partial charge < -0.3 is 10.3 Å². The van der Waals surface area contributed by atoms with E-state index in [0.717, 1.165) is 23.3 Å². The minimum Gasteiger partial charge on any atom is -0.356 e. The highest BCUT2D eigenvalue weighted by molar-refractivity contribution is 5.69. The largest absolute Gasteiger partial charge is 0.356 e. The van der Waals surface area contributed by atoms with Gasteiger partial charge >= 0.3 is 0 Å². The highest BCUT2D eigenvalue weighted by atomic mass is 16.5. The van der Waals surface area contributed by atoms with Crippen LogP contribution in [0.5, 0.6) is 0 Å². The lowest BCUT2D eigenvalue weighted by Crippen LogP contribution is -2.12. The van der Waals surface area contributed by atoms with Crippen molar-refractivity contribution in [3.63, 3.8) is 0 Å². The molecule has 20 heavy (non-hydrogen) atoms. The van der Waals surface area contributed by atoms with Crippen LogP contribution in [0.4, 0.5) is 0 Å². The van der Waals surface area contributed by atoms with Crippen LogP contribution in [0.15, 0.2) is 22.9 Å². The van der Waals surface area contributed by atoms with Crippen molar-refractivity contribution in [1.82, 2.24) is 5.16 Å². The van der Waals surface area contributed by atoms with Crippen LogP contribution in [0.3, 0.4) is 0 Å². The maximum absolute atomic E-state index is 5.65. The summed E-state index contributed by atoms with van der Waals surface area (Å²) >= 11 is 0. The molecule has 108 valence electrons. The molecule has 0 spiro atoms. The summed E-state index contributed by atoms with van der Waals surface area (Å²) in [5.41, 5.74) is 11.8. The van der Waals surface area contributed by atoms with Gasteiger partial charge in [0.05, 0.1) is 6.20 Å². The monoisotopic (exact) mass is 272 g/mol. The number of aromatic nitrogens is 1. The first kappa shape index (κ1) is 14.8. The maximum atomic E-state index is 5.65. The molecule has 2 N–H and O–H groups in total. The van der Waals surface area contributed by atoms with Crippen molar-refractivity contribution in [3.05, 3.63) is 40.6 Å². The molecule has 2 aromatic rings. The summed E-state index contributed by atoms with van der Waals surface area (Å²) in [6.45, 7) is 11.6. The molecule has 0 bridgehead atoms. The Balaban J connectivity index is 2.55. The van der Waals surface area contributed by atoms with Gasteiger partial charge in [0.15, 0.2) is 5.76 Å². The van der Waals surface area contributed by atoms with Crippen molar-refractivity contribution in [2.24, 2.45) is 5.73 Å². The molecule has 0 fully saturated rings. The third-order valence-electron chi connectivity index (χ3n) is 3.68. The van der Waals surface area contributed by atoms with Gasteiger partial charge in [0.25, 0.3) is 0 Å². The molecule has 0 radical (unpaired) electrons. The molecule has 0 atom stereocenters. The lowest BCUT2D eigenvalue weighted by molar-refractivity contribution is 0.431. The van der Waals surface area contributed by atoms with Crippen LogP contribution in [0.2, 0.25) is 0 Å². The molecule has 2 rings (SSSR count). The third-order valence-corrected chi connectivity index (χ3v) is 3.68. The van der Waals surface area contributed by atoms with Crippen LogP contribution in [-0.4, -0.2) is 11.7 Å². The minimum absolute atomic E-state index is 0.148.